The molecule has 1 aromatic heterocycles. The van der Waals surface area contributed by atoms with Gasteiger partial charge in [0.15, 0.2) is 0 Å². The monoisotopic (exact) mass is 420 g/mol. The minimum Gasteiger partial charge on any atom is -0.548 e. The number of carbonyl (C=O) groups excluding carboxylic acids is 1. The van der Waals surface area contributed by atoms with Crippen molar-refractivity contribution in [1.29, 1.82) is 0 Å². The normalized spacial score (nSPS) is 11.7. The molecule has 0 unspecified atom stereocenters. The first kappa shape index (κ1) is 21.7. The van der Waals surface area contributed by atoms with Crippen LogP contribution in [0.2, 0.25) is 0 Å². The molecule has 0 aliphatic carbocycles. The van der Waals surface area contributed by atoms with Crippen molar-refractivity contribution in [2.75, 3.05) is 10.2 Å². The van der Waals surface area contributed by atoms with Crippen LogP contribution in [-0.4, -0.2) is 32.9 Å². The fourth-order valence-corrected chi connectivity index (χ4v) is 3.28. The third kappa shape index (κ3) is 5.13. The fourth-order valence-electron chi connectivity index (χ4n) is 3.28. The quantitative estimate of drug-likeness (QED) is 0.414. The summed E-state index contributed by atoms with van der Waals surface area (Å²) in [6.07, 6.45) is 1.25. The average Bonchev–Trinajstić information content (AvgIpc) is 2.74. The highest BCUT2D eigenvalue weighted by atomic mass is 16.6. The molecule has 3 rings (SSSR count). The molecule has 0 saturated carbocycles. The molecule has 3 aromatic rings. The number of carbonyl (C=O) groups is 1. The highest BCUT2D eigenvalue weighted by Gasteiger charge is 2.30. The largest absolute Gasteiger partial charge is 0.548 e. The molecule has 160 valence electrons. The van der Waals surface area contributed by atoms with Gasteiger partial charge in [-0.05, 0) is 38.0 Å². The van der Waals surface area contributed by atoms with Crippen LogP contribution in [0.5, 0.6) is 0 Å². The Morgan fingerprint density at radius 2 is 1.68 bits per heavy atom. The Morgan fingerprint density at radius 3 is 2.23 bits per heavy atom. The molecule has 0 fully saturated rings. The van der Waals surface area contributed by atoms with Gasteiger partial charge in [0.25, 0.3) is 0 Å². The Kier molecular flexibility index (Phi) is 6.76. The maximum absolute atomic E-state index is 12.0. The lowest BCUT2D eigenvalue weighted by Crippen LogP contribution is -2.42. The van der Waals surface area contributed by atoms with Crippen LogP contribution in [0.1, 0.15) is 19.4 Å². The van der Waals surface area contributed by atoms with Crippen LogP contribution in [0.25, 0.3) is 0 Å². The lowest BCUT2D eigenvalue weighted by atomic mass is 10.1. The van der Waals surface area contributed by atoms with Crippen molar-refractivity contribution in [3.8, 4) is 0 Å². The molecule has 9 nitrogen and oxygen atoms in total. The van der Waals surface area contributed by atoms with Crippen LogP contribution in [0.4, 0.5) is 23.0 Å². The number of nitrogens with one attached hydrogen (secondary N) is 1. The minimum atomic E-state index is -1.39. The number of nitro groups is 1. The van der Waals surface area contributed by atoms with Gasteiger partial charge in [0.1, 0.15) is 6.33 Å². The van der Waals surface area contributed by atoms with Crippen molar-refractivity contribution in [1.82, 2.24) is 9.97 Å². The summed E-state index contributed by atoms with van der Waals surface area (Å²) in [5.74, 6) is -1.50. The van der Waals surface area contributed by atoms with E-state index in [4.69, 9.17) is 0 Å². The summed E-state index contributed by atoms with van der Waals surface area (Å²) in [5, 5.41) is 26.4. The number of hydrogen-bond donors (Lipinski definition) is 1. The molecule has 0 aliphatic rings. The van der Waals surface area contributed by atoms with Crippen LogP contribution < -0.4 is 15.3 Å². The van der Waals surface area contributed by atoms with Crippen LogP contribution in [0.3, 0.4) is 0 Å². The van der Waals surface area contributed by atoms with E-state index in [1.807, 2.05) is 50.2 Å². The summed E-state index contributed by atoms with van der Waals surface area (Å²) in [6, 6.07) is 16.7. The van der Waals surface area contributed by atoms with Crippen molar-refractivity contribution in [3.63, 3.8) is 0 Å². The van der Waals surface area contributed by atoms with Crippen LogP contribution in [-0.2, 0) is 11.2 Å². The topological polar surface area (TPSA) is 124 Å². The zero-order valence-electron chi connectivity index (χ0n) is 17.1. The first-order valence-corrected chi connectivity index (χ1v) is 9.73. The number of rotatable bonds is 9. The molecule has 0 radical (unpaired) electrons. The molecular formula is C22H22N5O4-. The fraction of sp³-hybridized carbons (Fsp3) is 0.227. The highest BCUT2D eigenvalue weighted by Crippen LogP contribution is 2.37. The van der Waals surface area contributed by atoms with Gasteiger partial charge in [-0.2, -0.15) is 0 Å². The molecule has 0 spiro atoms. The van der Waals surface area contributed by atoms with Gasteiger partial charge in [0.2, 0.25) is 11.6 Å². The molecule has 1 N–H and O–H groups in total. The van der Waals surface area contributed by atoms with Gasteiger partial charge in [-0.3, -0.25) is 10.1 Å². The third-order valence-corrected chi connectivity index (χ3v) is 4.64. The highest BCUT2D eigenvalue weighted by molar-refractivity contribution is 5.80. The first-order valence-electron chi connectivity index (χ1n) is 9.73. The van der Waals surface area contributed by atoms with Gasteiger partial charge in [0.05, 0.1) is 16.9 Å². The van der Waals surface area contributed by atoms with Gasteiger partial charge in [0, 0.05) is 11.7 Å². The molecule has 31 heavy (non-hydrogen) atoms. The Hall–Kier alpha value is -4.01. The summed E-state index contributed by atoms with van der Waals surface area (Å²) in [7, 11) is 0. The molecule has 0 saturated heterocycles. The maximum Gasteiger partial charge on any atom is 0.353 e. The van der Waals surface area contributed by atoms with E-state index in [0.717, 1.165) is 5.56 Å². The number of carboxylic acid groups (broad SMARTS) is 1. The number of nitrogens with zero attached hydrogens (tertiary/aromatic N) is 4. The van der Waals surface area contributed by atoms with Crippen molar-refractivity contribution in [2.45, 2.75) is 32.4 Å². The molecule has 0 amide bonds. The Balaban J connectivity index is 2.03. The second-order valence-corrected chi connectivity index (χ2v) is 7.16. The summed E-state index contributed by atoms with van der Waals surface area (Å²) < 4.78 is 0. The second kappa shape index (κ2) is 9.66. The number of para-hydroxylation sites is 1. The third-order valence-electron chi connectivity index (χ3n) is 4.64. The van der Waals surface area contributed by atoms with E-state index in [2.05, 4.69) is 15.3 Å². The summed E-state index contributed by atoms with van der Waals surface area (Å²) in [5.41, 5.74) is 1.06. The van der Waals surface area contributed by atoms with Crippen molar-refractivity contribution in [2.24, 2.45) is 0 Å². The molecule has 2 aromatic carbocycles. The number of aliphatic carboxylic acids is 1. The number of hydrogen-bond acceptors (Lipinski definition) is 8. The van der Waals surface area contributed by atoms with Crippen molar-refractivity contribution in [3.05, 3.63) is 82.7 Å². The van der Waals surface area contributed by atoms with E-state index in [0.29, 0.717) is 5.69 Å². The summed E-state index contributed by atoms with van der Waals surface area (Å²) in [6.45, 7) is 3.76. The predicted molar refractivity (Wildman–Crippen MR) is 115 cm³/mol. The summed E-state index contributed by atoms with van der Waals surface area (Å²) >= 11 is 0. The zero-order chi connectivity index (χ0) is 22.4. The van der Waals surface area contributed by atoms with Gasteiger partial charge >= 0.3 is 5.69 Å². The van der Waals surface area contributed by atoms with E-state index >= 15 is 0 Å². The van der Waals surface area contributed by atoms with E-state index in [9.17, 15) is 20.0 Å². The maximum atomic E-state index is 12.0. The van der Waals surface area contributed by atoms with Gasteiger partial charge in [-0.25, -0.2) is 9.97 Å². The smallest absolute Gasteiger partial charge is 0.353 e. The van der Waals surface area contributed by atoms with E-state index in [1.54, 1.807) is 29.2 Å². The molecule has 1 heterocycles. The van der Waals surface area contributed by atoms with E-state index < -0.39 is 22.6 Å². The second-order valence-electron chi connectivity index (χ2n) is 7.16. The number of anilines is 3. The standard InChI is InChI=1S/C22H23N5O4/c1-15(2)26(17-11-7-4-8-12-17)21-19(27(30)31)20(23-14-24-21)25-18(22(28)29)13-16-9-5-3-6-10-16/h3-12,14-15,18H,13H2,1-2H3,(H,28,29)(H,23,24,25)/p-1/t18-/m1/s1. The molecule has 9 heteroatoms. The van der Waals surface area contributed by atoms with Gasteiger partial charge < -0.3 is 20.1 Å². The average molecular weight is 420 g/mol. The van der Waals surface area contributed by atoms with Crippen LogP contribution >= 0.6 is 0 Å². The Labute approximate surface area is 179 Å². The van der Waals surface area contributed by atoms with Gasteiger partial charge in [-0.1, -0.05) is 48.5 Å². The molecule has 0 bridgehead atoms. The lowest BCUT2D eigenvalue weighted by molar-refractivity contribution is -0.383. The number of carboxylic acids is 1. The van der Waals surface area contributed by atoms with E-state index in [-0.39, 0.29) is 24.1 Å². The number of benzene rings is 2. The summed E-state index contributed by atoms with van der Waals surface area (Å²) in [4.78, 5) is 33.0. The SMILES string of the molecule is CC(C)N(c1ccccc1)c1ncnc(N[C@H](Cc2ccccc2)C(=O)[O-])c1[N+](=O)[O-]. The first-order chi connectivity index (χ1) is 14.9. The predicted octanol–water partition coefficient (Wildman–Crippen LogP) is 2.70. The van der Waals surface area contributed by atoms with Crippen molar-refractivity contribution < 1.29 is 14.8 Å². The van der Waals surface area contributed by atoms with Crippen LogP contribution in [0, 0.1) is 10.1 Å². The van der Waals surface area contributed by atoms with Gasteiger partial charge in [-0.15, -0.1) is 0 Å². The Morgan fingerprint density at radius 1 is 1.06 bits per heavy atom. The van der Waals surface area contributed by atoms with Crippen molar-refractivity contribution >= 4 is 29.0 Å². The lowest BCUT2D eigenvalue weighted by Gasteiger charge is -2.28. The molecule has 1 atom stereocenters. The van der Waals surface area contributed by atoms with Crippen LogP contribution in [0.15, 0.2) is 67.0 Å². The zero-order valence-corrected chi connectivity index (χ0v) is 17.1. The Bertz CT molecular complexity index is 1040. The minimum absolute atomic E-state index is 0.0699. The molecule has 0 aliphatic heterocycles. The molecular weight excluding hydrogens is 398 g/mol. The van der Waals surface area contributed by atoms with E-state index in [1.165, 1.54) is 6.33 Å². The number of aromatic nitrogens is 2.